The van der Waals surface area contributed by atoms with E-state index in [-0.39, 0.29) is 0 Å². The number of aromatic nitrogens is 2. The van der Waals surface area contributed by atoms with Gasteiger partial charge in [-0.15, -0.1) is 0 Å². The number of hydrogen-bond acceptors (Lipinski definition) is 3. The number of nitrogens with zero attached hydrogens (tertiary/aromatic N) is 3. The number of hydrogen-bond donors (Lipinski definition) is 1. The molecule has 4 nitrogen and oxygen atoms in total. The third-order valence-electron chi connectivity index (χ3n) is 3.51. The molecule has 2 N–H and O–H groups in total. The maximum Gasteiger partial charge on any atom is 0.0649 e. The molecule has 0 aromatic carbocycles. The number of nitrogens with two attached hydrogens (primary N) is 1. The molecule has 1 unspecified atom stereocenters. The summed E-state index contributed by atoms with van der Waals surface area (Å²) >= 11 is 0. The number of piperidine rings is 1. The first-order valence-corrected chi connectivity index (χ1v) is 6.14. The standard InChI is InChI=1S/C12H22N4/c1-10-11(5-6-13)8-14-16(10)12-4-3-7-15(2)9-12/h8,12H,3-7,9,13H2,1-2H3. The molecular formula is C12H22N4. The van der Waals surface area contributed by atoms with E-state index in [9.17, 15) is 0 Å². The fourth-order valence-corrected chi connectivity index (χ4v) is 2.57. The highest BCUT2D eigenvalue weighted by Crippen LogP contribution is 2.22. The molecule has 1 aromatic rings. The molecule has 2 rings (SSSR count). The van der Waals surface area contributed by atoms with Crippen molar-refractivity contribution in [3.63, 3.8) is 0 Å². The summed E-state index contributed by atoms with van der Waals surface area (Å²) in [6.45, 7) is 5.20. The van der Waals surface area contributed by atoms with Crippen LogP contribution >= 0.6 is 0 Å². The van der Waals surface area contributed by atoms with E-state index in [0.29, 0.717) is 12.6 Å². The summed E-state index contributed by atoms with van der Waals surface area (Å²) in [6, 6.07) is 0.547. The average Bonchev–Trinajstić information content (AvgIpc) is 2.61. The fraction of sp³-hybridized carbons (Fsp3) is 0.750. The summed E-state index contributed by atoms with van der Waals surface area (Å²) in [7, 11) is 2.19. The van der Waals surface area contributed by atoms with Gasteiger partial charge in [0.2, 0.25) is 0 Å². The van der Waals surface area contributed by atoms with E-state index >= 15 is 0 Å². The molecule has 1 aliphatic rings. The van der Waals surface area contributed by atoms with Crippen molar-refractivity contribution in [1.29, 1.82) is 0 Å². The average molecular weight is 222 g/mol. The van der Waals surface area contributed by atoms with Gasteiger partial charge >= 0.3 is 0 Å². The van der Waals surface area contributed by atoms with Crippen molar-refractivity contribution in [2.45, 2.75) is 32.2 Å². The molecule has 1 aliphatic heterocycles. The summed E-state index contributed by atoms with van der Waals surface area (Å²) in [6.07, 6.45) is 5.44. The van der Waals surface area contributed by atoms with Crippen molar-refractivity contribution in [1.82, 2.24) is 14.7 Å². The Morgan fingerprint density at radius 2 is 2.38 bits per heavy atom. The molecule has 1 aromatic heterocycles. The summed E-state index contributed by atoms with van der Waals surface area (Å²) in [5, 5.41) is 4.53. The Hall–Kier alpha value is -0.870. The molecule has 1 saturated heterocycles. The molecule has 0 amide bonds. The molecule has 4 heteroatoms. The molecule has 0 spiro atoms. The summed E-state index contributed by atoms with van der Waals surface area (Å²) in [5.74, 6) is 0. The van der Waals surface area contributed by atoms with Crippen LogP contribution in [0, 0.1) is 6.92 Å². The van der Waals surface area contributed by atoms with Crippen molar-refractivity contribution in [3.05, 3.63) is 17.5 Å². The van der Waals surface area contributed by atoms with Crippen LogP contribution in [0.3, 0.4) is 0 Å². The van der Waals surface area contributed by atoms with Crippen LogP contribution in [0.5, 0.6) is 0 Å². The van der Waals surface area contributed by atoms with Gasteiger partial charge in [-0.05, 0) is 51.9 Å². The molecule has 2 heterocycles. The van der Waals surface area contributed by atoms with E-state index in [1.807, 2.05) is 6.20 Å². The van der Waals surface area contributed by atoms with Crippen molar-refractivity contribution in [2.75, 3.05) is 26.7 Å². The van der Waals surface area contributed by atoms with Gasteiger partial charge in [0, 0.05) is 12.2 Å². The maximum absolute atomic E-state index is 5.59. The summed E-state index contributed by atoms with van der Waals surface area (Å²) < 4.78 is 2.20. The third kappa shape index (κ3) is 2.28. The number of likely N-dealkylation sites (N-methyl/N-ethyl adjacent to an activating group) is 1. The second-order valence-electron chi connectivity index (χ2n) is 4.80. The predicted molar refractivity (Wildman–Crippen MR) is 65.5 cm³/mol. The third-order valence-corrected chi connectivity index (χ3v) is 3.51. The lowest BCUT2D eigenvalue weighted by Gasteiger charge is -2.30. The molecule has 16 heavy (non-hydrogen) atoms. The highest BCUT2D eigenvalue weighted by molar-refractivity contribution is 5.17. The second kappa shape index (κ2) is 4.97. The van der Waals surface area contributed by atoms with Crippen LogP contribution in [0.2, 0.25) is 0 Å². The van der Waals surface area contributed by atoms with Crippen molar-refractivity contribution >= 4 is 0 Å². The molecule has 90 valence electrons. The Morgan fingerprint density at radius 1 is 1.56 bits per heavy atom. The van der Waals surface area contributed by atoms with Crippen LogP contribution in [0.25, 0.3) is 0 Å². The fourth-order valence-electron chi connectivity index (χ4n) is 2.57. The molecular weight excluding hydrogens is 200 g/mol. The van der Waals surface area contributed by atoms with E-state index in [4.69, 9.17) is 5.73 Å². The van der Waals surface area contributed by atoms with Crippen LogP contribution in [-0.2, 0) is 6.42 Å². The molecule has 1 fully saturated rings. The van der Waals surface area contributed by atoms with E-state index in [1.54, 1.807) is 0 Å². The zero-order valence-electron chi connectivity index (χ0n) is 10.3. The smallest absolute Gasteiger partial charge is 0.0649 e. The van der Waals surface area contributed by atoms with Gasteiger partial charge in [-0.3, -0.25) is 4.68 Å². The van der Waals surface area contributed by atoms with Crippen molar-refractivity contribution in [3.8, 4) is 0 Å². The SMILES string of the molecule is Cc1c(CCN)cnn1C1CCCN(C)C1. The van der Waals surface area contributed by atoms with Gasteiger partial charge in [0.1, 0.15) is 0 Å². The number of rotatable bonds is 3. The topological polar surface area (TPSA) is 47.1 Å². The van der Waals surface area contributed by atoms with Gasteiger partial charge in [0.25, 0.3) is 0 Å². The van der Waals surface area contributed by atoms with E-state index in [2.05, 4.69) is 28.7 Å². The van der Waals surface area contributed by atoms with Crippen LogP contribution < -0.4 is 5.73 Å². The highest BCUT2D eigenvalue weighted by Gasteiger charge is 2.21. The Balaban J connectivity index is 2.13. The van der Waals surface area contributed by atoms with Crippen LogP contribution in [0.1, 0.15) is 30.1 Å². The zero-order valence-corrected chi connectivity index (χ0v) is 10.3. The minimum atomic E-state index is 0.547. The lowest BCUT2D eigenvalue weighted by Crippen LogP contribution is -2.34. The first kappa shape index (κ1) is 11.6. The van der Waals surface area contributed by atoms with E-state index < -0.39 is 0 Å². The second-order valence-corrected chi connectivity index (χ2v) is 4.80. The van der Waals surface area contributed by atoms with Crippen LogP contribution in [0.4, 0.5) is 0 Å². The molecule has 1 atom stereocenters. The predicted octanol–water partition coefficient (Wildman–Crippen LogP) is 0.959. The lowest BCUT2D eigenvalue weighted by atomic mass is 10.1. The van der Waals surface area contributed by atoms with E-state index in [0.717, 1.165) is 13.0 Å². The largest absolute Gasteiger partial charge is 0.330 e. The molecule has 0 bridgehead atoms. The Bertz CT molecular complexity index is 345. The van der Waals surface area contributed by atoms with Gasteiger partial charge in [-0.1, -0.05) is 0 Å². The Morgan fingerprint density at radius 3 is 3.06 bits per heavy atom. The lowest BCUT2D eigenvalue weighted by molar-refractivity contribution is 0.200. The Labute approximate surface area is 97.4 Å². The normalized spacial score (nSPS) is 22.6. The maximum atomic E-state index is 5.59. The van der Waals surface area contributed by atoms with Gasteiger partial charge < -0.3 is 10.6 Å². The van der Waals surface area contributed by atoms with Gasteiger partial charge in [0.05, 0.1) is 12.2 Å². The van der Waals surface area contributed by atoms with Crippen LogP contribution in [-0.4, -0.2) is 41.4 Å². The first-order valence-electron chi connectivity index (χ1n) is 6.14. The van der Waals surface area contributed by atoms with Crippen molar-refractivity contribution in [2.24, 2.45) is 5.73 Å². The number of likely N-dealkylation sites (tertiary alicyclic amines) is 1. The monoisotopic (exact) mass is 222 g/mol. The minimum absolute atomic E-state index is 0.547. The quantitative estimate of drug-likeness (QED) is 0.828. The Kier molecular flexibility index (Phi) is 3.61. The van der Waals surface area contributed by atoms with Gasteiger partial charge in [-0.25, -0.2) is 0 Å². The molecule has 0 radical (unpaired) electrons. The van der Waals surface area contributed by atoms with Gasteiger partial charge in [0.15, 0.2) is 0 Å². The minimum Gasteiger partial charge on any atom is -0.330 e. The molecule has 0 aliphatic carbocycles. The zero-order chi connectivity index (χ0) is 11.5. The molecule has 0 saturated carbocycles. The van der Waals surface area contributed by atoms with Crippen LogP contribution in [0.15, 0.2) is 6.20 Å². The van der Waals surface area contributed by atoms with Crippen molar-refractivity contribution < 1.29 is 0 Å². The highest BCUT2D eigenvalue weighted by atomic mass is 15.3. The van der Waals surface area contributed by atoms with Gasteiger partial charge in [-0.2, -0.15) is 5.10 Å². The summed E-state index contributed by atoms with van der Waals surface area (Å²) in [5.41, 5.74) is 8.19. The summed E-state index contributed by atoms with van der Waals surface area (Å²) in [4.78, 5) is 2.39. The van der Waals surface area contributed by atoms with E-state index in [1.165, 1.54) is 30.6 Å². The first-order chi connectivity index (χ1) is 7.72.